The van der Waals surface area contributed by atoms with Gasteiger partial charge in [0.05, 0.1) is 6.54 Å². The molecule has 0 radical (unpaired) electrons. The van der Waals surface area contributed by atoms with Crippen molar-refractivity contribution in [3.05, 3.63) is 57.3 Å². The molecule has 2 aliphatic carbocycles. The highest BCUT2D eigenvalue weighted by Gasteiger charge is 2.58. The Kier molecular flexibility index (Phi) is 3.16. The standard InChI is InChI=1S/C20H25FN2O/c1-19(2)11-16-17(14-9-10-20(14,19)3)18(24)23(22(16)4)12-13-7-5-6-8-15(13)21/h5-8,14H,9-12H2,1-4H3/t14-,20?/m1/s1. The molecule has 128 valence electrons. The molecule has 2 aromatic rings. The first-order valence-electron chi connectivity index (χ1n) is 8.78. The quantitative estimate of drug-likeness (QED) is 0.823. The first-order chi connectivity index (χ1) is 11.3. The minimum absolute atomic E-state index is 0.0715. The van der Waals surface area contributed by atoms with Crippen LogP contribution in [0.15, 0.2) is 29.1 Å². The zero-order valence-electron chi connectivity index (χ0n) is 14.9. The molecule has 4 rings (SSSR count). The molecule has 24 heavy (non-hydrogen) atoms. The molecular weight excluding hydrogens is 303 g/mol. The summed E-state index contributed by atoms with van der Waals surface area (Å²) in [4.78, 5) is 13.1. The number of nitrogens with zero attached hydrogens (tertiary/aromatic N) is 2. The molecule has 0 spiro atoms. The number of fused-ring (bicyclic) bond motifs is 3. The molecule has 1 heterocycles. The van der Waals surface area contributed by atoms with Gasteiger partial charge >= 0.3 is 0 Å². The van der Waals surface area contributed by atoms with Crippen LogP contribution in [-0.4, -0.2) is 9.36 Å². The Labute approximate surface area is 142 Å². The lowest BCUT2D eigenvalue weighted by Crippen LogP contribution is -2.52. The number of aromatic nitrogens is 2. The van der Waals surface area contributed by atoms with E-state index >= 15 is 0 Å². The zero-order valence-corrected chi connectivity index (χ0v) is 14.9. The van der Waals surface area contributed by atoms with E-state index in [0.717, 1.165) is 24.1 Å². The van der Waals surface area contributed by atoms with Crippen molar-refractivity contribution in [3.63, 3.8) is 0 Å². The third-order valence-electron chi connectivity index (χ3n) is 7.03. The Hall–Kier alpha value is -1.84. The maximum Gasteiger partial charge on any atom is 0.270 e. The van der Waals surface area contributed by atoms with E-state index in [1.165, 1.54) is 12.5 Å². The van der Waals surface area contributed by atoms with Crippen LogP contribution in [0.4, 0.5) is 4.39 Å². The van der Waals surface area contributed by atoms with Crippen molar-refractivity contribution < 1.29 is 4.39 Å². The molecule has 1 aromatic carbocycles. The van der Waals surface area contributed by atoms with Gasteiger partial charge in [-0.25, -0.2) is 9.07 Å². The van der Waals surface area contributed by atoms with E-state index in [1.807, 2.05) is 17.8 Å². The summed E-state index contributed by atoms with van der Waals surface area (Å²) in [6, 6.07) is 6.71. The van der Waals surface area contributed by atoms with Gasteiger partial charge in [0.1, 0.15) is 5.82 Å². The molecule has 0 amide bonds. The van der Waals surface area contributed by atoms with Gasteiger partial charge in [0.15, 0.2) is 0 Å². The first kappa shape index (κ1) is 15.7. The number of rotatable bonds is 2. The highest BCUT2D eigenvalue weighted by atomic mass is 19.1. The van der Waals surface area contributed by atoms with Crippen LogP contribution in [0, 0.1) is 16.6 Å². The summed E-state index contributed by atoms with van der Waals surface area (Å²) in [5, 5.41) is 0. The van der Waals surface area contributed by atoms with Gasteiger partial charge in [-0.05, 0) is 42.1 Å². The number of hydrogen-bond donors (Lipinski definition) is 0. The molecule has 2 aliphatic rings. The van der Waals surface area contributed by atoms with Crippen LogP contribution in [0.2, 0.25) is 0 Å². The van der Waals surface area contributed by atoms with Crippen LogP contribution in [0.5, 0.6) is 0 Å². The fraction of sp³-hybridized carbons (Fsp3) is 0.550. The first-order valence-corrected chi connectivity index (χ1v) is 8.78. The van der Waals surface area contributed by atoms with E-state index in [1.54, 1.807) is 16.8 Å². The molecule has 0 bridgehead atoms. The molecular formula is C20H25FN2O. The van der Waals surface area contributed by atoms with Gasteiger partial charge in [-0.1, -0.05) is 39.0 Å². The van der Waals surface area contributed by atoms with Crippen LogP contribution >= 0.6 is 0 Å². The summed E-state index contributed by atoms with van der Waals surface area (Å²) in [5.41, 5.74) is 3.15. The van der Waals surface area contributed by atoms with Crippen LogP contribution in [0.25, 0.3) is 0 Å². The lowest BCUT2D eigenvalue weighted by atomic mass is 9.44. The van der Waals surface area contributed by atoms with Gasteiger partial charge in [-0.3, -0.25) is 9.48 Å². The average Bonchev–Trinajstić information content (AvgIpc) is 2.72. The Morgan fingerprint density at radius 2 is 1.96 bits per heavy atom. The smallest absolute Gasteiger partial charge is 0.270 e. The Morgan fingerprint density at radius 3 is 2.58 bits per heavy atom. The monoisotopic (exact) mass is 328 g/mol. The van der Waals surface area contributed by atoms with E-state index in [4.69, 9.17) is 0 Å². The largest absolute Gasteiger partial charge is 0.289 e. The molecule has 1 saturated carbocycles. The number of benzene rings is 1. The van der Waals surface area contributed by atoms with Crippen molar-refractivity contribution in [2.75, 3.05) is 0 Å². The molecule has 1 unspecified atom stereocenters. The third kappa shape index (κ3) is 1.86. The van der Waals surface area contributed by atoms with Gasteiger partial charge in [0, 0.05) is 23.9 Å². The lowest BCUT2D eigenvalue weighted by molar-refractivity contribution is -0.0390. The lowest BCUT2D eigenvalue weighted by Gasteiger charge is -2.59. The Morgan fingerprint density at radius 1 is 1.25 bits per heavy atom. The van der Waals surface area contributed by atoms with Gasteiger partial charge in [-0.2, -0.15) is 0 Å². The summed E-state index contributed by atoms with van der Waals surface area (Å²) in [7, 11) is 1.94. The summed E-state index contributed by atoms with van der Waals surface area (Å²) in [6.07, 6.45) is 3.18. The second-order valence-electron chi connectivity index (χ2n) is 8.41. The van der Waals surface area contributed by atoms with Crippen LogP contribution in [0.1, 0.15) is 56.4 Å². The summed E-state index contributed by atoms with van der Waals surface area (Å²) < 4.78 is 17.7. The zero-order chi connectivity index (χ0) is 17.3. The van der Waals surface area contributed by atoms with E-state index in [-0.39, 0.29) is 22.2 Å². The molecule has 0 N–H and O–H groups in total. The maximum absolute atomic E-state index is 14.0. The molecule has 2 atom stereocenters. The third-order valence-corrected chi connectivity index (χ3v) is 7.03. The summed E-state index contributed by atoms with van der Waals surface area (Å²) >= 11 is 0. The topological polar surface area (TPSA) is 26.9 Å². The predicted octanol–water partition coefficient (Wildman–Crippen LogP) is 3.84. The number of hydrogen-bond acceptors (Lipinski definition) is 1. The van der Waals surface area contributed by atoms with Crippen LogP contribution in [0.3, 0.4) is 0 Å². The van der Waals surface area contributed by atoms with Crippen molar-refractivity contribution in [1.29, 1.82) is 0 Å². The van der Waals surface area contributed by atoms with E-state index in [2.05, 4.69) is 20.8 Å². The van der Waals surface area contributed by atoms with E-state index in [9.17, 15) is 9.18 Å². The van der Waals surface area contributed by atoms with Crippen molar-refractivity contribution in [2.24, 2.45) is 17.9 Å². The Balaban J connectivity index is 1.84. The van der Waals surface area contributed by atoms with Crippen molar-refractivity contribution in [3.8, 4) is 0 Å². The fourth-order valence-electron chi connectivity index (χ4n) is 4.86. The summed E-state index contributed by atoms with van der Waals surface area (Å²) in [6.45, 7) is 7.26. The molecule has 0 aliphatic heterocycles. The molecule has 1 fully saturated rings. The van der Waals surface area contributed by atoms with Gasteiger partial charge in [0.2, 0.25) is 0 Å². The maximum atomic E-state index is 14.0. The number of halogens is 1. The van der Waals surface area contributed by atoms with Crippen molar-refractivity contribution in [1.82, 2.24) is 9.36 Å². The summed E-state index contributed by atoms with van der Waals surface area (Å²) in [5.74, 6) is 0.0919. The molecule has 3 nitrogen and oxygen atoms in total. The second-order valence-corrected chi connectivity index (χ2v) is 8.41. The van der Waals surface area contributed by atoms with Crippen LogP contribution in [-0.2, 0) is 20.0 Å². The minimum Gasteiger partial charge on any atom is -0.289 e. The van der Waals surface area contributed by atoms with Crippen molar-refractivity contribution >= 4 is 0 Å². The average molecular weight is 328 g/mol. The van der Waals surface area contributed by atoms with Gasteiger partial charge in [0.25, 0.3) is 5.56 Å². The van der Waals surface area contributed by atoms with Gasteiger partial charge in [-0.15, -0.1) is 0 Å². The van der Waals surface area contributed by atoms with Crippen LogP contribution < -0.4 is 5.56 Å². The highest BCUT2D eigenvalue weighted by Crippen LogP contribution is 2.65. The SMILES string of the molecule is Cn1c2c(c(=O)n1Cc1ccccc1F)[C@H]1CCC1(C)C(C)(C)C2. The Bertz CT molecular complexity index is 876. The second kappa shape index (κ2) is 4.84. The molecule has 4 heteroatoms. The normalized spacial score (nSPS) is 27.3. The minimum atomic E-state index is -0.252. The molecule has 1 aromatic heterocycles. The van der Waals surface area contributed by atoms with Crippen molar-refractivity contribution in [2.45, 2.75) is 52.5 Å². The molecule has 0 saturated heterocycles. The highest BCUT2D eigenvalue weighted by molar-refractivity contribution is 5.35. The predicted molar refractivity (Wildman–Crippen MR) is 92.7 cm³/mol. The fourth-order valence-corrected chi connectivity index (χ4v) is 4.86. The van der Waals surface area contributed by atoms with E-state index in [0.29, 0.717) is 18.0 Å². The van der Waals surface area contributed by atoms with Gasteiger partial charge < -0.3 is 0 Å². The van der Waals surface area contributed by atoms with E-state index < -0.39 is 0 Å².